The number of rotatable bonds is 2. The molecule has 0 saturated carbocycles. The van der Waals surface area contributed by atoms with E-state index in [1.54, 1.807) is 0 Å². The zero-order chi connectivity index (χ0) is 13.0. The Balaban J connectivity index is 2.25. The first kappa shape index (κ1) is 13.8. The van der Waals surface area contributed by atoms with Gasteiger partial charge in [-0.05, 0) is 30.5 Å². The molecule has 2 rings (SSSR count). The van der Waals surface area contributed by atoms with Gasteiger partial charge in [-0.15, -0.1) is 0 Å². The second-order valence-electron chi connectivity index (χ2n) is 4.80. The molecule has 1 aliphatic rings. The van der Waals surface area contributed by atoms with Gasteiger partial charge in [0.2, 0.25) is 0 Å². The first-order valence-corrected chi connectivity index (χ1v) is 7.63. The molecule has 1 heterocycles. The number of hydrogen-bond donors (Lipinski definition) is 0. The first-order chi connectivity index (χ1) is 8.72. The topological polar surface area (TPSA) is 3.24 Å². The van der Waals surface area contributed by atoms with Gasteiger partial charge in [-0.25, -0.2) is 8.78 Å². The minimum Gasteiger partial charge on any atom is -0.367 e. The van der Waals surface area contributed by atoms with Crippen molar-refractivity contribution in [2.75, 3.05) is 18.0 Å². The Labute approximate surface area is 115 Å². The van der Waals surface area contributed by atoms with Crippen LogP contribution in [0, 0.1) is 11.6 Å². The molecule has 0 N–H and O–H groups in total. The Morgan fingerprint density at radius 3 is 1.94 bits per heavy atom. The van der Waals surface area contributed by atoms with Gasteiger partial charge in [0.25, 0.3) is 0 Å². The van der Waals surface area contributed by atoms with Crippen molar-refractivity contribution < 1.29 is 8.78 Å². The van der Waals surface area contributed by atoms with Gasteiger partial charge in [0.15, 0.2) is 0 Å². The van der Waals surface area contributed by atoms with Crippen LogP contribution in [0.1, 0.15) is 37.7 Å². The third kappa shape index (κ3) is 3.22. The molecule has 0 radical (unpaired) electrons. The monoisotopic (exact) mass is 317 g/mol. The van der Waals surface area contributed by atoms with E-state index in [2.05, 4.69) is 15.9 Å². The zero-order valence-corrected chi connectivity index (χ0v) is 12.0. The van der Waals surface area contributed by atoms with E-state index >= 15 is 0 Å². The van der Waals surface area contributed by atoms with Gasteiger partial charge >= 0.3 is 0 Å². The van der Waals surface area contributed by atoms with Crippen LogP contribution in [-0.4, -0.2) is 13.1 Å². The molecule has 0 spiro atoms. The fraction of sp³-hybridized carbons (Fsp3) is 0.571. The molecule has 1 nitrogen and oxygen atoms in total. The molecule has 0 aliphatic carbocycles. The summed E-state index contributed by atoms with van der Waals surface area (Å²) in [5.74, 6) is -0.880. The van der Waals surface area contributed by atoms with E-state index in [4.69, 9.17) is 0 Å². The van der Waals surface area contributed by atoms with Gasteiger partial charge in [-0.2, -0.15) is 0 Å². The Morgan fingerprint density at radius 2 is 1.44 bits per heavy atom. The van der Waals surface area contributed by atoms with E-state index < -0.39 is 11.6 Å². The summed E-state index contributed by atoms with van der Waals surface area (Å²) in [4.78, 5) is 1.86. The smallest absolute Gasteiger partial charge is 0.149 e. The summed E-state index contributed by atoms with van der Waals surface area (Å²) in [5.41, 5.74) is 0.794. The van der Waals surface area contributed by atoms with E-state index in [9.17, 15) is 8.78 Å². The predicted molar refractivity (Wildman–Crippen MR) is 74.3 cm³/mol. The highest BCUT2D eigenvalue weighted by atomic mass is 79.9. The van der Waals surface area contributed by atoms with Crippen LogP contribution in [0.5, 0.6) is 0 Å². The van der Waals surface area contributed by atoms with Crippen molar-refractivity contribution >= 4 is 21.6 Å². The summed E-state index contributed by atoms with van der Waals surface area (Å²) in [5, 5.41) is 0.473. The van der Waals surface area contributed by atoms with E-state index in [1.807, 2.05) is 4.90 Å². The van der Waals surface area contributed by atoms with Crippen LogP contribution >= 0.6 is 15.9 Å². The number of benzene rings is 1. The van der Waals surface area contributed by atoms with Gasteiger partial charge in [0, 0.05) is 18.4 Å². The van der Waals surface area contributed by atoms with Crippen LogP contribution in [0.4, 0.5) is 14.5 Å². The molecular formula is C14H18BrF2N. The van der Waals surface area contributed by atoms with E-state index in [1.165, 1.54) is 18.6 Å². The molecular weight excluding hydrogens is 300 g/mol. The molecule has 1 aromatic rings. The molecule has 1 saturated heterocycles. The zero-order valence-electron chi connectivity index (χ0n) is 10.4. The number of halogens is 3. The lowest BCUT2D eigenvalue weighted by Crippen LogP contribution is -2.28. The minimum atomic E-state index is -0.440. The lowest BCUT2D eigenvalue weighted by molar-refractivity contribution is 0.526. The van der Waals surface area contributed by atoms with Gasteiger partial charge in [0.05, 0.1) is 0 Å². The summed E-state index contributed by atoms with van der Waals surface area (Å²) in [6.07, 6.45) is 5.57. The Morgan fingerprint density at radius 1 is 0.944 bits per heavy atom. The van der Waals surface area contributed by atoms with Crippen LogP contribution in [0.3, 0.4) is 0 Å². The fourth-order valence-electron chi connectivity index (χ4n) is 2.47. The SMILES string of the molecule is Fc1cc(CBr)cc(F)c1N1CCCCCCC1. The van der Waals surface area contributed by atoms with Crippen LogP contribution in [0.2, 0.25) is 0 Å². The Bertz CT molecular complexity index is 378. The van der Waals surface area contributed by atoms with E-state index in [-0.39, 0.29) is 5.69 Å². The maximum absolute atomic E-state index is 14.0. The molecule has 1 aromatic carbocycles. The van der Waals surface area contributed by atoms with Crippen molar-refractivity contribution in [1.29, 1.82) is 0 Å². The summed E-state index contributed by atoms with van der Waals surface area (Å²) in [6.45, 7) is 1.50. The average Bonchev–Trinajstić information content (AvgIpc) is 2.30. The van der Waals surface area contributed by atoms with Crippen LogP contribution < -0.4 is 4.90 Å². The second-order valence-corrected chi connectivity index (χ2v) is 5.36. The molecule has 1 fully saturated rings. The van der Waals surface area contributed by atoms with Crippen LogP contribution in [0.25, 0.3) is 0 Å². The number of anilines is 1. The maximum Gasteiger partial charge on any atom is 0.149 e. The normalized spacial score (nSPS) is 17.4. The van der Waals surface area contributed by atoms with Gasteiger partial charge < -0.3 is 4.90 Å². The third-order valence-corrected chi connectivity index (χ3v) is 4.05. The van der Waals surface area contributed by atoms with Gasteiger partial charge in [-0.3, -0.25) is 0 Å². The first-order valence-electron chi connectivity index (χ1n) is 6.51. The van der Waals surface area contributed by atoms with Crippen molar-refractivity contribution in [2.45, 2.75) is 37.4 Å². The number of alkyl halides is 1. The van der Waals surface area contributed by atoms with Gasteiger partial charge in [-0.1, -0.05) is 35.2 Å². The number of nitrogens with zero attached hydrogens (tertiary/aromatic N) is 1. The highest BCUT2D eigenvalue weighted by Gasteiger charge is 2.18. The molecule has 0 aromatic heterocycles. The molecule has 0 bridgehead atoms. The fourth-order valence-corrected chi connectivity index (χ4v) is 2.79. The lowest BCUT2D eigenvalue weighted by Gasteiger charge is -2.27. The molecule has 18 heavy (non-hydrogen) atoms. The molecule has 0 amide bonds. The summed E-state index contributed by atoms with van der Waals surface area (Å²) >= 11 is 3.22. The Hall–Kier alpha value is -0.640. The highest BCUT2D eigenvalue weighted by molar-refractivity contribution is 9.08. The standard InChI is InChI=1S/C14H18BrF2N/c15-10-11-8-12(16)14(13(17)9-11)18-6-4-2-1-3-5-7-18/h8-9H,1-7,10H2. The maximum atomic E-state index is 14.0. The van der Waals surface area contributed by atoms with Crippen molar-refractivity contribution in [3.05, 3.63) is 29.3 Å². The molecule has 100 valence electrons. The van der Waals surface area contributed by atoms with Crippen molar-refractivity contribution in [1.82, 2.24) is 0 Å². The largest absolute Gasteiger partial charge is 0.367 e. The Kier molecular flexibility index (Phi) is 4.98. The average molecular weight is 318 g/mol. The minimum absolute atomic E-state index is 0.154. The quantitative estimate of drug-likeness (QED) is 0.719. The molecule has 4 heteroatoms. The van der Waals surface area contributed by atoms with Crippen LogP contribution in [0.15, 0.2) is 12.1 Å². The predicted octanol–water partition coefficient (Wildman–Crippen LogP) is 4.63. The summed E-state index contributed by atoms with van der Waals surface area (Å²) < 4.78 is 28.0. The molecule has 1 aliphatic heterocycles. The molecule has 0 atom stereocenters. The van der Waals surface area contributed by atoms with Crippen molar-refractivity contribution in [2.24, 2.45) is 0 Å². The third-order valence-electron chi connectivity index (χ3n) is 3.40. The number of hydrogen-bond acceptors (Lipinski definition) is 1. The lowest BCUT2D eigenvalue weighted by atomic mass is 10.1. The van der Waals surface area contributed by atoms with E-state index in [0.29, 0.717) is 10.9 Å². The van der Waals surface area contributed by atoms with Crippen LogP contribution in [-0.2, 0) is 5.33 Å². The summed E-state index contributed by atoms with van der Waals surface area (Å²) in [6, 6.07) is 2.85. The van der Waals surface area contributed by atoms with Crippen molar-refractivity contribution in [3.8, 4) is 0 Å². The highest BCUT2D eigenvalue weighted by Crippen LogP contribution is 2.27. The summed E-state index contributed by atoms with van der Waals surface area (Å²) in [7, 11) is 0. The van der Waals surface area contributed by atoms with E-state index in [0.717, 1.165) is 38.8 Å². The van der Waals surface area contributed by atoms with Gasteiger partial charge in [0.1, 0.15) is 17.3 Å². The molecule has 0 unspecified atom stereocenters. The second kappa shape index (κ2) is 6.50. The van der Waals surface area contributed by atoms with Crippen molar-refractivity contribution in [3.63, 3.8) is 0 Å².